The van der Waals surface area contributed by atoms with Gasteiger partial charge in [0.05, 0.1) is 16.9 Å². The minimum Gasteiger partial charge on any atom is -0.506 e. The van der Waals surface area contributed by atoms with Crippen molar-refractivity contribution in [2.75, 3.05) is 5.73 Å². The molecular formula is C12H9F3N2O. The summed E-state index contributed by atoms with van der Waals surface area (Å²) >= 11 is 0. The molecule has 18 heavy (non-hydrogen) atoms. The van der Waals surface area contributed by atoms with Gasteiger partial charge in [0.15, 0.2) is 0 Å². The second kappa shape index (κ2) is 4.21. The number of hydrogen-bond acceptors (Lipinski definition) is 3. The van der Waals surface area contributed by atoms with Crippen LogP contribution in [-0.4, -0.2) is 10.1 Å². The van der Waals surface area contributed by atoms with Crippen molar-refractivity contribution in [3.8, 4) is 17.0 Å². The van der Waals surface area contributed by atoms with Gasteiger partial charge in [0.1, 0.15) is 5.75 Å². The molecule has 0 bridgehead atoms. The summed E-state index contributed by atoms with van der Waals surface area (Å²) in [5, 5.41) is 9.41. The summed E-state index contributed by atoms with van der Waals surface area (Å²) in [7, 11) is 0. The lowest BCUT2D eigenvalue weighted by Crippen LogP contribution is -2.05. The lowest BCUT2D eigenvalue weighted by molar-refractivity contribution is -0.137. The molecule has 0 unspecified atom stereocenters. The average Bonchev–Trinajstić information content (AvgIpc) is 2.32. The van der Waals surface area contributed by atoms with Gasteiger partial charge in [-0.2, -0.15) is 13.2 Å². The monoisotopic (exact) mass is 254 g/mol. The van der Waals surface area contributed by atoms with E-state index in [2.05, 4.69) is 4.98 Å². The average molecular weight is 254 g/mol. The van der Waals surface area contributed by atoms with Crippen molar-refractivity contribution in [2.45, 2.75) is 6.18 Å². The van der Waals surface area contributed by atoms with Crippen LogP contribution in [0.2, 0.25) is 0 Å². The normalized spacial score (nSPS) is 11.5. The number of alkyl halides is 3. The van der Waals surface area contributed by atoms with Crippen LogP contribution in [0.3, 0.4) is 0 Å². The number of aromatic hydroxyl groups is 1. The number of nitrogen functional groups attached to an aromatic ring is 1. The number of phenolic OH excluding ortho intramolecular Hbond substituents is 1. The fourth-order valence-electron chi connectivity index (χ4n) is 1.44. The first kappa shape index (κ1) is 12.2. The van der Waals surface area contributed by atoms with Gasteiger partial charge in [-0.1, -0.05) is 6.07 Å². The van der Waals surface area contributed by atoms with Crippen LogP contribution in [-0.2, 0) is 6.18 Å². The molecule has 3 N–H and O–H groups in total. The van der Waals surface area contributed by atoms with Crippen LogP contribution in [0.4, 0.5) is 18.9 Å². The molecule has 0 radical (unpaired) electrons. The van der Waals surface area contributed by atoms with E-state index in [9.17, 15) is 18.3 Å². The molecular weight excluding hydrogens is 245 g/mol. The number of hydrogen-bond donors (Lipinski definition) is 2. The second-order valence-electron chi connectivity index (χ2n) is 3.70. The summed E-state index contributed by atoms with van der Waals surface area (Å²) in [4.78, 5) is 3.71. The van der Waals surface area contributed by atoms with Gasteiger partial charge in [0, 0.05) is 11.8 Å². The Morgan fingerprint density at radius 3 is 2.33 bits per heavy atom. The maximum atomic E-state index is 12.3. The van der Waals surface area contributed by atoms with Crippen molar-refractivity contribution in [3.63, 3.8) is 0 Å². The summed E-state index contributed by atoms with van der Waals surface area (Å²) in [6.07, 6.45) is -3.66. The predicted molar refractivity (Wildman–Crippen MR) is 60.8 cm³/mol. The molecule has 0 aliphatic rings. The van der Waals surface area contributed by atoms with Crippen LogP contribution in [0.1, 0.15) is 5.56 Å². The van der Waals surface area contributed by atoms with Crippen LogP contribution < -0.4 is 5.73 Å². The predicted octanol–water partition coefficient (Wildman–Crippen LogP) is 3.06. The lowest BCUT2D eigenvalue weighted by Gasteiger charge is -2.07. The maximum Gasteiger partial charge on any atom is 0.417 e. The molecule has 94 valence electrons. The standard InChI is InChI=1S/C12H9F3N2O/c13-12(14,15)8-2-4-10(17-6-8)7-1-3-9(16)11(18)5-7/h1-6,18H,16H2. The van der Waals surface area contributed by atoms with Crippen molar-refractivity contribution < 1.29 is 18.3 Å². The number of benzene rings is 1. The van der Waals surface area contributed by atoms with Gasteiger partial charge < -0.3 is 10.8 Å². The molecule has 0 aliphatic heterocycles. The highest BCUT2D eigenvalue weighted by atomic mass is 19.4. The molecule has 6 heteroatoms. The lowest BCUT2D eigenvalue weighted by atomic mass is 10.1. The van der Waals surface area contributed by atoms with Crippen LogP contribution in [0.5, 0.6) is 5.75 Å². The van der Waals surface area contributed by atoms with Crippen LogP contribution in [0, 0.1) is 0 Å². The van der Waals surface area contributed by atoms with Gasteiger partial charge in [0.25, 0.3) is 0 Å². The maximum absolute atomic E-state index is 12.3. The SMILES string of the molecule is Nc1ccc(-c2ccc(C(F)(F)F)cn2)cc1O. The van der Waals surface area contributed by atoms with Crippen molar-refractivity contribution in [3.05, 3.63) is 42.1 Å². The number of anilines is 1. The van der Waals surface area contributed by atoms with E-state index in [-0.39, 0.29) is 11.4 Å². The fraction of sp³-hybridized carbons (Fsp3) is 0.0833. The van der Waals surface area contributed by atoms with Crippen LogP contribution >= 0.6 is 0 Å². The van der Waals surface area contributed by atoms with Gasteiger partial charge in [-0.25, -0.2) is 0 Å². The van der Waals surface area contributed by atoms with E-state index in [1.165, 1.54) is 18.2 Å². The largest absolute Gasteiger partial charge is 0.506 e. The van der Waals surface area contributed by atoms with Crippen molar-refractivity contribution in [2.24, 2.45) is 0 Å². The fourth-order valence-corrected chi connectivity index (χ4v) is 1.44. The van der Waals surface area contributed by atoms with Gasteiger partial charge in [0.2, 0.25) is 0 Å². The van der Waals surface area contributed by atoms with Gasteiger partial charge in [-0.3, -0.25) is 4.98 Å². The first-order valence-electron chi connectivity index (χ1n) is 5.00. The number of nitrogens with zero attached hydrogens (tertiary/aromatic N) is 1. The third-order valence-electron chi connectivity index (χ3n) is 2.42. The minimum atomic E-state index is -4.41. The molecule has 0 fully saturated rings. The molecule has 1 aromatic carbocycles. The zero-order chi connectivity index (χ0) is 13.3. The molecule has 0 saturated heterocycles. The van der Waals surface area contributed by atoms with E-state index in [1.54, 1.807) is 6.07 Å². The number of phenols is 1. The molecule has 0 aliphatic carbocycles. The van der Waals surface area contributed by atoms with Gasteiger partial charge in [-0.05, 0) is 24.3 Å². The highest BCUT2D eigenvalue weighted by Crippen LogP contribution is 2.31. The highest BCUT2D eigenvalue weighted by Gasteiger charge is 2.30. The molecule has 1 heterocycles. The first-order valence-corrected chi connectivity index (χ1v) is 5.00. The number of pyridine rings is 1. The van der Waals surface area contributed by atoms with E-state index in [0.717, 1.165) is 12.3 Å². The highest BCUT2D eigenvalue weighted by molar-refractivity contribution is 5.66. The Hall–Kier alpha value is -2.24. The Labute approximate surface area is 101 Å². The Bertz CT molecular complexity index is 565. The number of nitrogens with two attached hydrogens (primary N) is 1. The topological polar surface area (TPSA) is 59.1 Å². The van der Waals surface area contributed by atoms with Crippen molar-refractivity contribution in [1.82, 2.24) is 4.98 Å². The van der Waals surface area contributed by atoms with E-state index in [4.69, 9.17) is 5.73 Å². The number of halogens is 3. The van der Waals surface area contributed by atoms with E-state index >= 15 is 0 Å². The molecule has 0 amide bonds. The second-order valence-corrected chi connectivity index (χ2v) is 3.70. The third kappa shape index (κ3) is 2.37. The number of aromatic nitrogens is 1. The zero-order valence-electron chi connectivity index (χ0n) is 9.07. The summed E-state index contributed by atoms with van der Waals surface area (Å²) < 4.78 is 37.0. The quantitative estimate of drug-likeness (QED) is 0.607. The summed E-state index contributed by atoms with van der Waals surface area (Å²) in [5.74, 6) is -0.130. The van der Waals surface area contributed by atoms with E-state index < -0.39 is 11.7 Å². The summed E-state index contributed by atoms with van der Waals surface area (Å²) in [5.41, 5.74) is 5.64. The Morgan fingerprint density at radius 1 is 1.11 bits per heavy atom. The smallest absolute Gasteiger partial charge is 0.417 e. The molecule has 2 rings (SSSR count). The van der Waals surface area contributed by atoms with E-state index in [1.807, 2.05) is 0 Å². The molecule has 0 atom stereocenters. The van der Waals surface area contributed by atoms with Gasteiger partial charge in [-0.15, -0.1) is 0 Å². The molecule has 2 aromatic rings. The van der Waals surface area contributed by atoms with Crippen molar-refractivity contribution in [1.29, 1.82) is 0 Å². The third-order valence-corrected chi connectivity index (χ3v) is 2.42. The molecule has 0 saturated carbocycles. The molecule has 3 nitrogen and oxygen atoms in total. The van der Waals surface area contributed by atoms with E-state index in [0.29, 0.717) is 11.3 Å². The zero-order valence-corrected chi connectivity index (χ0v) is 9.07. The molecule has 1 aromatic heterocycles. The minimum absolute atomic E-state index is 0.130. The summed E-state index contributed by atoms with van der Waals surface area (Å²) in [6, 6.07) is 6.57. The Kier molecular flexibility index (Phi) is 2.86. The Balaban J connectivity index is 2.37. The first-order chi connectivity index (χ1) is 8.38. The van der Waals surface area contributed by atoms with Crippen molar-refractivity contribution >= 4 is 5.69 Å². The Morgan fingerprint density at radius 2 is 1.83 bits per heavy atom. The molecule has 0 spiro atoms. The summed E-state index contributed by atoms with van der Waals surface area (Å²) in [6.45, 7) is 0. The number of rotatable bonds is 1. The van der Waals surface area contributed by atoms with Crippen LogP contribution in [0.15, 0.2) is 36.5 Å². The van der Waals surface area contributed by atoms with Gasteiger partial charge >= 0.3 is 6.18 Å². The van der Waals surface area contributed by atoms with Crippen LogP contribution in [0.25, 0.3) is 11.3 Å².